The highest BCUT2D eigenvalue weighted by Gasteiger charge is 2.22. The molecule has 4 heteroatoms. The Morgan fingerprint density at radius 3 is 2.11 bits per heavy atom. The van der Waals surface area contributed by atoms with E-state index in [0.717, 1.165) is 17.8 Å². The number of benzene rings is 1. The molecule has 0 atom stereocenters. The monoisotopic (exact) mass is 394 g/mol. The van der Waals surface area contributed by atoms with Gasteiger partial charge in [-0.2, -0.15) is 5.10 Å². The highest BCUT2D eigenvalue weighted by Crippen LogP contribution is 2.47. The van der Waals surface area contributed by atoms with E-state index < -0.39 is 0 Å². The zero-order chi connectivity index (χ0) is 19.5. The van der Waals surface area contributed by atoms with Crippen LogP contribution >= 0.6 is 22.7 Å². The summed E-state index contributed by atoms with van der Waals surface area (Å²) in [6.45, 7) is 15.6. The maximum atomic E-state index is 4.61. The zero-order valence-corrected chi connectivity index (χ0v) is 18.8. The van der Waals surface area contributed by atoms with Crippen molar-refractivity contribution in [3.8, 4) is 11.3 Å². The van der Waals surface area contributed by atoms with Gasteiger partial charge in [-0.15, -0.1) is 27.8 Å². The lowest BCUT2D eigenvalue weighted by Crippen LogP contribution is -2.08. The topological polar surface area (TPSA) is 25.8 Å². The van der Waals surface area contributed by atoms with Crippen molar-refractivity contribution in [1.82, 2.24) is 10.2 Å². The Balaban J connectivity index is 1.99. The predicted octanol–water partition coefficient (Wildman–Crippen LogP) is 7.40. The highest BCUT2D eigenvalue weighted by molar-refractivity contribution is 7.33. The summed E-state index contributed by atoms with van der Waals surface area (Å²) in [5.41, 5.74) is 7.50. The Hall–Kier alpha value is -1.78. The van der Waals surface area contributed by atoms with Gasteiger partial charge in [0.15, 0.2) is 0 Å². The maximum absolute atomic E-state index is 4.61. The molecule has 0 unspecified atom stereocenters. The number of aryl methyl sites for hydroxylation is 4. The predicted molar refractivity (Wildman–Crippen MR) is 120 cm³/mol. The van der Waals surface area contributed by atoms with E-state index in [2.05, 4.69) is 76.9 Å². The summed E-state index contributed by atoms with van der Waals surface area (Å²) in [5, 5.41) is 10.5. The average molecular weight is 395 g/mol. The Morgan fingerprint density at radius 1 is 0.815 bits per heavy atom. The normalized spacial score (nSPS) is 12.4. The van der Waals surface area contributed by atoms with Gasteiger partial charge in [-0.3, -0.25) is 0 Å². The number of nitrogens with zero attached hydrogens (tertiary/aromatic N) is 2. The number of rotatable bonds is 2. The van der Waals surface area contributed by atoms with E-state index >= 15 is 0 Å². The second kappa shape index (κ2) is 6.39. The Morgan fingerprint density at radius 2 is 1.48 bits per heavy atom. The molecule has 140 valence electrons. The van der Waals surface area contributed by atoms with E-state index in [1.807, 2.05) is 22.7 Å². The molecule has 4 aromatic rings. The molecule has 0 saturated heterocycles. The molecule has 0 fully saturated rings. The van der Waals surface area contributed by atoms with Crippen molar-refractivity contribution in [2.75, 3.05) is 0 Å². The number of aromatic nitrogens is 2. The second-order valence-electron chi connectivity index (χ2n) is 8.86. The third-order valence-electron chi connectivity index (χ3n) is 4.91. The first-order valence-corrected chi connectivity index (χ1v) is 11.0. The van der Waals surface area contributed by atoms with E-state index in [1.54, 1.807) is 0 Å². The molecule has 0 aliphatic rings. The minimum Gasteiger partial charge on any atom is -0.155 e. The lowest BCUT2D eigenvalue weighted by Gasteiger charge is -2.17. The van der Waals surface area contributed by atoms with Crippen molar-refractivity contribution < 1.29 is 0 Å². The van der Waals surface area contributed by atoms with Gasteiger partial charge in [-0.1, -0.05) is 38.0 Å². The lowest BCUT2D eigenvalue weighted by molar-refractivity contribution is 0.414. The van der Waals surface area contributed by atoms with Crippen molar-refractivity contribution in [3.05, 3.63) is 45.5 Å². The summed E-state index contributed by atoms with van der Waals surface area (Å²) in [5.74, 6) is 0. The Labute approximate surface area is 169 Å². The van der Waals surface area contributed by atoms with Crippen LogP contribution in [0.25, 0.3) is 30.7 Å². The standard InChI is InChI=1S/C23H26N2S2/c1-12-8-13(2)10-16(9-12)19-21-18(15(4)24-25-19)22-20(27-21)14(3)17(26-22)11-23(5,6)7/h8-10H,11H2,1-7H3. The van der Waals surface area contributed by atoms with Crippen molar-refractivity contribution in [1.29, 1.82) is 0 Å². The summed E-state index contributed by atoms with van der Waals surface area (Å²) >= 11 is 3.84. The molecule has 1 aromatic carbocycles. The first kappa shape index (κ1) is 18.6. The first-order chi connectivity index (χ1) is 12.6. The smallest absolute Gasteiger partial charge is 0.111 e. The van der Waals surface area contributed by atoms with Crippen LogP contribution in [0, 0.1) is 33.1 Å². The molecule has 0 N–H and O–H groups in total. The molecule has 0 saturated carbocycles. The van der Waals surface area contributed by atoms with Crippen molar-refractivity contribution in [2.45, 2.75) is 54.9 Å². The van der Waals surface area contributed by atoms with Crippen LogP contribution in [0.1, 0.15) is 48.0 Å². The fourth-order valence-electron chi connectivity index (χ4n) is 3.75. The third-order valence-corrected chi connectivity index (χ3v) is 7.67. The van der Waals surface area contributed by atoms with Crippen molar-refractivity contribution >= 4 is 42.2 Å². The quantitative estimate of drug-likeness (QED) is 0.354. The van der Waals surface area contributed by atoms with Gasteiger partial charge in [0.05, 0.1) is 15.1 Å². The van der Waals surface area contributed by atoms with Gasteiger partial charge >= 0.3 is 0 Å². The van der Waals surface area contributed by atoms with Crippen LogP contribution in [-0.2, 0) is 6.42 Å². The first-order valence-electron chi connectivity index (χ1n) is 9.40. The third kappa shape index (κ3) is 3.30. The highest BCUT2D eigenvalue weighted by atomic mass is 32.1. The minimum atomic E-state index is 0.298. The summed E-state index contributed by atoms with van der Waals surface area (Å²) < 4.78 is 4.08. The Kier molecular flexibility index (Phi) is 4.39. The number of thiophene rings is 2. The molecular weight excluding hydrogens is 368 g/mol. The van der Waals surface area contributed by atoms with E-state index in [-0.39, 0.29) is 0 Å². The van der Waals surface area contributed by atoms with Crippen LogP contribution in [0.4, 0.5) is 0 Å². The second-order valence-corrected chi connectivity index (χ2v) is 11.0. The molecule has 27 heavy (non-hydrogen) atoms. The molecule has 0 bridgehead atoms. The molecule has 0 aliphatic carbocycles. The molecule has 0 radical (unpaired) electrons. The lowest BCUT2D eigenvalue weighted by atomic mass is 9.90. The van der Waals surface area contributed by atoms with E-state index in [9.17, 15) is 0 Å². The summed E-state index contributed by atoms with van der Waals surface area (Å²) in [4.78, 5) is 1.51. The number of fused-ring (bicyclic) bond motifs is 3. The largest absolute Gasteiger partial charge is 0.155 e. The summed E-state index contributed by atoms with van der Waals surface area (Å²) in [7, 11) is 0. The van der Waals surface area contributed by atoms with Gasteiger partial charge in [0, 0.05) is 20.5 Å². The number of hydrogen-bond acceptors (Lipinski definition) is 4. The van der Waals surface area contributed by atoms with Crippen LogP contribution in [0.15, 0.2) is 18.2 Å². The van der Waals surface area contributed by atoms with Crippen LogP contribution < -0.4 is 0 Å². The van der Waals surface area contributed by atoms with Gasteiger partial charge in [0.2, 0.25) is 0 Å². The molecule has 0 amide bonds. The van der Waals surface area contributed by atoms with Gasteiger partial charge < -0.3 is 0 Å². The maximum Gasteiger partial charge on any atom is 0.111 e. The molecule has 0 aliphatic heterocycles. The van der Waals surface area contributed by atoms with E-state index in [4.69, 9.17) is 0 Å². The molecule has 3 heterocycles. The van der Waals surface area contributed by atoms with Crippen molar-refractivity contribution in [2.24, 2.45) is 5.41 Å². The van der Waals surface area contributed by atoms with Crippen LogP contribution in [-0.4, -0.2) is 10.2 Å². The van der Waals surface area contributed by atoms with E-state index in [1.165, 1.54) is 46.6 Å². The van der Waals surface area contributed by atoms with Crippen LogP contribution in [0.2, 0.25) is 0 Å². The van der Waals surface area contributed by atoms with Crippen molar-refractivity contribution in [3.63, 3.8) is 0 Å². The molecule has 0 spiro atoms. The van der Waals surface area contributed by atoms with E-state index in [0.29, 0.717) is 5.41 Å². The summed E-state index contributed by atoms with van der Waals surface area (Å²) in [6.07, 6.45) is 1.12. The minimum absolute atomic E-state index is 0.298. The van der Waals surface area contributed by atoms with Gasteiger partial charge in [0.25, 0.3) is 0 Å². The zero-order valence-electron chi connectivity index (χ0n) is 17.2. The molecule has 3 aromatic heterocycles. The summed E-state index contributed by atoms with van der Waals surface area (Å²) in [6, 6.07) is 6.65. The Bertz CT molecular complexity index is 1150. The molecular formula is C23H26N2S2. The van der Waals surface area contributed by atoms with Crippen LogP contribution in [0.3, 0.4) is 0 Å². The molecule has 4 rings (SSSR count). The average Bonchev–Trinajstić information content (AvgIpc) is 3.04. The van der Waals surface area contributed by atoms with Gasteiger partial charge in [0.1, 0.15) is 5.69 Å². The van der Waals surface area contributed by atoms with Crippen LogP contribution in [0.5, 0.6) is 0 Å². The fourth-order valence-corrected chi connectivity index (χ4v) is 7.02. The number of hydrogen-bond donors (Lipinski definition) is 0. The SMILES string of the molecule is Cc1cc(C)cc(-c2nnc(C)c3c2sc2c(C)c(CC(C)(C)C)sc23)c1. The molecule has 2 nitrogen and oxygen atoms in total. The van der Waals surface area contributed by atoms with Gasteiger partial charge in [-0.25, -0.2) is 0 Å². The fraction of sp³-hybridized carbons (Fsp3) is 0.391. The van der Waals surface area contributed by atoms with Gasteiger partial charge in [-0.05, 0) is 57.2 Å².